The van der Waals surface area contributed by atoms with E-state index in [1.165, 1.54) is 10.9 Å². The molecule has 0 radical (unpaired) electrons. The fraction of sp³-hybridized carbons (Fsp3) is 0.0769. The summed E-state index contributed by atoms with van der Waals surface area (Å²) in [4.78, 5) is 30.2. The second-order valence-electron chi connectivity index (χ2n) is 4.12. The Morgan fingerprint density at radius 3 is 2.63 bits per heavy atom. The molecule has 19 heavy (non-hydrogen) atoms. The molecule has 3 rings (SSSR count). The van der Waals surface area contributed by atoms with Crippen molar-refractivity contribution in [1.82, 2.24) is 19.7 Å². The van der Waals surface area contributed by atoms with Crippen LogP contribution in [0.5, 0.6) is 0 Å². The van der Waals surface area contributed by atoms with Gasteiger partial charge in [-0.3, -0.25) is 4.79 Å². The van der Waals surface area contributed by atoms with E-state index in [0.29, 0.717) is 16.6 Å². The molecule has 0 fully saturated rings. The third kappa shape index (κ3) is 1.83. The van der Waals surface area contributed by atoms with Crippen molar-refractivity contribution in [1.29, 1.82) is 0 Å². The van der Waals surface area contributed by atoms with Crippen LogP contribution in [0.2, 0.25) is 0 Å². The lowest BCUT2D eigenvalue weighted by molar-refractivity contribution is 0.716. The molecule has 6 nitrogen and oxygen atoms in total. The molecule has 6 heteroatoms. The first kappa shape index (κ1) is 11.3. The van der Waals surface area contributed by atoms with Gasteiger partial charge in [0.2, 0.25) is 0 Å². The van der Waals surface area contributed by atoms with Crippen LogP contribution in [-0.4, -0.2) is 19.7 Å². The van der Waals surface area contributed by atoms with Crippen LogP contribution >= 0.6 is 0 Å². The van der Waals surface area contributed by atoms with Gasteiger partial charge in [-0.05, 0) is 0 Å². The van der Waals surface area contributed by atoms with E-state index < -0.39 is 5.69 Å². The van der Waals surface area contributed by atoms with Gasteiger partial charge in [-0.1, -0.05) is 30.3 Å². The van der Waals surface area contributed by atoms with Gasteiger partial charge in [0.1, 0.15) is 0 Å². The van der Waals surface area contributed by atoms with Crippen LogP contribution in [0.4, 0.5) is 0 Å². The summed E-state index contributed by atoms with van der Waals surface area (Å²) in [6, 6.07) is 9.13. The number of aromatic nitrogens is 4. The zero-order valence-electron chi connectivity index (χ0n) is 10.1. The number of rotatable bonds is 1. The fourth-order valence-electron chi connectivity index (χ4n) is 1.97. The Morgan fingerprint density at radius 1 is 1.16 bits per heavy atom. The van der Waals surface area contributed by atoms with E-state index in [9.17, 15) is 9.59 Å². The number of hydrogen-bond donors (Lipinski definition) is 1. The molecule has 1 N–H and O–H groups in total. The highest BCUT2D eigenvalue weighted by Gasteiger charge is 2.12. The number of nitrogens with zero attached hydrogens (tertiary/aromatic N) is 3. The maximum Gasteiger partial charge on any atom is 0.346 e. The normalized spacial score (nSPS) is 10.8. The summed E-state index contributed by atoms with van der Waals surface area (Å²) in [5.41, 5.74) is 0.702. The smallest absolute Gasteiger partial charge is 0.304 e. The van der Waals surface area contributed by atoms with E-state index in [2.05, 4.69) is 15.1 Å². The summed E-state index contributed by atoms with van der Waals surface area (Å²) in [5, 5.41) is 4.25. The molecule has 1 aromatic carbocycles. The van der Waals surface area contributed by atoms with Gasteiger partial charge < -0.3 is 4.98 Å². The summed E-state index contributed by atoms with van der Waals surface area (Å²) >= 11 is 0. The van der Waals surface area contributed by atoms with Gasteiger partial charge in [-0.15, -0.1) is 0 Å². The number of hydrogen-bond acceptors (Lipinski definition) is 4. The molecule has 0 aliphatic carbocycles. The van der Waals surface area contributed by atoms with Crippen molar-refractivity contribution in [2.75, 3.05) is 0 Å². The fourth-order valence-corrected chi connectivity index (χ4v) is 1.97. The maximum atomic E-state index is 12.2. The van der Waals surface area contributed by atoms with Crippen LogP contribution in [0.1, 0.15) is 0 Å². The van der Waals surface area contributed by atoms with Crippen LogP contribution in [-0.2, 0) is 7.05 Å². The molecule has 0 saturated carbocycles. The number of aryl methyl sites for hydroxylation is 1. The summed E-state index contributed by atoms with van der Waals surface area (Å²) in [6.45, 7) is 0. The SMILES string of the molecule is Cn1ncc2[nH]c(=O)nc(-c3ccccc3)c2c1=O. The number of benzene rings is 1. The number of fused-ring (bicyclic) bond motifs is 1. The second-order valence-corrected chi connectivity index (χ2v) is 4.12. The molecule has 0 aliphatic rings. The highest BCUT2D eigenvalue weighted by atomic mass is 16.1. The van der Waals surface area contributed by atoms with E-state index in [0.717, 1.165) is 5.56 Å². The van der Waals surface area contributed by atoms with Gasteiger partial charge in [-0.25, -0.2) is 9.48 Å². The van der Waals surface area contributed by atoms with E-state index in [1.807, 2.05) is 18.2 Å². The molecule has 0 unspecified atom stereocenters. The molecule has 3 aromatic rings. The van der Waals surface area contributed by atoms with Crippen molar-refractivity contribution in [3.8, 4) is 11.3 Å². The van der Waals surface area contributed by atoms with Crippen molar-refractivity contribution in [3.63, 3.8) is 0 Å². The summed E-state index contributed by atoms with van der Waals surface area (Å²) < 4.78 is 1.22. The first-order valence-electron chi connectivity index (χ1n) is 5.68. The van der Waals surface area contributed by atoms with Crippen LogP contribution in [0.15, 0.2) is 46.1 Å². The number of nitrogens with one attached hydrogen (secondary N) is 1. The first-order chi connectivity index (χ1) is 9.16. The maximum absolute atomic E-state index is 12.2. The van der Waals surface area contributed by atoms with Crippen molar-refractivity contribution in [2.45, 2.75) is 0 Å². The lowest BCUT2D eigenvalue weighted by Gasteiger charge is -2.05. The Kier molecular flexibility index (Phi) is 2.49. The Bertz CT molecular complexity index is 865. The Balaban J connectivity index is 2.51. The molecule has 94 valence electrons. The minimum absolute atomic E-state index is 0.292. The zero-order valence-corrected chi connectivity index (χ0v) is 10.1. The van der Waals surface area contributed by atoms with Gasteiger partial charge in [0, 0.05) is 12.6 Å². The third-order valence-corrected chi connectivity index (χ3v) is 2.88. The van der Waals surface area contributed by atoms with Crippen molar-refractivity contribution >= 4 is 10.9 Å². The first-order valence-corrected chi connectivity index (χ1v) is 5.68. The van der Waals surface area contributed by atoms with Crippen molar-refractivity contribution in [2.24, 2.45) is 7.05 Å². The molecule has 0 bridgehead atoms. The van der Waals surface area contributed by atoms with Crippen LogP contribution < -0.4 is 11.2 Å². The van der Waals surface area contributed by atoms with Crippen molar-refractivity contribution < 1.29 is 0 Å². The molecule has 0 aliphatic heterocycles. The average molecular weight is 254 g/mol. The Labute approximate surface area is 107 Å². The molecule has 0 spiro atoms. The van der Waals surface area contributed by atoms with Gasteiger partial charge in [0.05, 0.1) is 22.8 Å². The summed E-state index contributed by atoms with van der Waals surface area (Å²) in [6.07, 6.45) is 1.45. The number of aromatic amines is 1. The van der Waals surface area contributed by atoms with Crippen LogP contribution in [0.25, 0.3) is 22.2 Å². The number of H-pyrrole nitrogens is 1. The van der Waals surface area contributed by atoms with Gasteiger partial charge >= 0.3 is 5.69 Å². The van der Waals surface area contributed by atoms with E-state index in [4.69, 9.17) is 0 Å². The van der Waals surface area contributed by atoms with E-state index in [1.54, 1.807) is 19.2 Å². The second kappa shape index (κ2) is 4.16. The lowest BCUT2D eigenvalue weighted by atomic mass is 10.1. The van der Waals surface area contributed by atoms with Gasteiger partial charge in [-0.2, -0.15) is 10.1 Å². The Morgan fingerprint density at radius 2 is 1.89 bits per heavy atom. The highest BCUT2D eigenvalue weighted by molar-refractivity contribution is 5.90. The highest BCUT2D eigenvalue weighted by Crippen LogP contribution is 2.20. The molecular formula is C13H10N4O2. The zero-order chi connectivity index (χ0) is 13.4. The summed E-state index contributed by atoms with van der Waals surface area (Å²) in [5.74, 6) is 0. The largest absolute Gasteiger partial charge is 0.346 e. The summed E-state index contributed by atoms with van der Waals surface area (Å²) in [7, 11) is 1.56. The monoisotopic (exact) mass is 254 g/mol. The minimum atomic E-state index is -0.499. The molecule has 0 amide bonds. The quantitative estimate of drug-likeness (QED) is 0.692. The average Bonchev–Trinajstić information content (AvgIpc) is 2.43. The van der Waals surface area contributed by atoms with E-state index >= 15 is 0 Å². The van der Waals surface area contributed by atoms with Gasteiger partial charge in [0.25, 0.3) is 5.56 Å². The molecule has 0 saturated heterocycles. The lowest BCUT2D eigenvalue weighted by Crippen LogP contribution is -2.23. The van der Waals surface area contributed by atoms with Crippen LogP contribution in [0.3, 0.4) is 0 Å². The predicted molar refractivity (Wildman–Crippen MR) is 70.8 cm³/mol. The van der Waals surface area contributed by atoms with Gasteiger partial charge in [0.15, 0.2) is 0 Å². The Hall–Kier alpha value is -2.76. The molecular weight excluding hydrogens is 244 g/mol. The molecule has 2 heterocycles. The van der Waals surface area contributed by atoms with Crippen molar-refractivity contribution in [3.05, 3.63) is 57.4 Å². The topological polar surface area (TPSA) is 80.6 Å². The third-order valence-electron chi connectivity index (χ3n) is 2.88. The van der Waals surface area contributed by atoms with E-state index in [-0.39, 0.29) is 5.56 Å². The minimum Gasteiger partial charge on any atom is -0.304 e. The molecule has 0 atom stereocenters. The standard InChI is InChI=1S/C13H10N4O2/c1-17-12(18)10-9(7-14-17)15-13(19)16-11(10)8-5-3-2-4-6-8/h2-7H,1H3,(H,15,16,19). The van der Waals surface area contributed by atoms with Crippen LogP contribution in [0, 0.1) is 0 Å². The predicted octanol–water partition coefficient (Wildman–Crippen LogP) is 0.684. The molecule has 2 aromatic heterocycles.